The van der Waals surface area contributed by atoms with Crippen molar-refractivity contribution in [1.82, 2.24) is 14.7 Å². The molecule has 1 aliphatic heterocycles. The highest BCUT2D eigenvalue weighted by atomic mass is 16.5. The zero-order chi connectivity index (χ0) is 18.1. The molecule has 2 amide bonds. The first-order chi connectivity index (χ1) is 12.1. The lowest BCUT2D eigenvalue weighted by Crippen LogP contribution is -2.46. The minimum atomic E-state index is -0.0580. The maximum absolute atomic E-state index is 12.6. The van der Waals surface area contributed by atoms with Gasteiger partial charge in [0, 0.05) is 46.2 Å². The van der Waals surface area contributed by atoms with E-state index in [1.54, 1.807) is 9.80 Å². The first kappa shape index (κ1) is 19.4. The molecule has 1 aromatic rings. The van der Waals surface area contributed by atoms with Gasteiger partial charge >= 0.3 is 0 Å². The summed E-state index contributed by atoms with van der Waals surface area (Å²) in [6, 6.07) is 9.93. The molecule has 0 aromatic heterocycles. The summed E-state index contributed by atoms with van der Waals surface area (Å²) in [5, 5.41) is 0. The van der Waals surface area contributed by atoms with E-state index >= 15 is 0 Å². The summed E-state index contributed by atoms with van der Waals surface area (Å²) in [7, 11) is 0. The molecule has 2 rings (SSSR count). The Morgan fingerprint density at radius 3 is 2.40 bits per heavy atom. The molecule has 1 aromatic carbocycles. The van der Waals surface area contributed by atoms with Gasteiger partial charge in [-0.3, -0.25) is 14.5 Å². The summed E-state index contributed by atoms with van der Waals surface area (Å²) in [5.74, 6) is -0.0686. The molecule has 0 spiro atoms. The number of nitrogens with zero attached hydrogens (tertiary/aromatic N) is 3. The molecule has 0 saturated carbocycles. The highest BCUT2D eigenvalue weighted by Crippen LogP contribution is 2.06. The number of rotatable bonds is 8. The molecular weight excluding hydrogens is 318 g/mol. The van der Waals surface area contributed by atoms with Gasteiger partial charge in [-0.15, -0.1) is 0 Å². The lowest BCUT2D eigenvalue weighted by atomic mass is 10.2. The number of ether oxygens (including phenoxy) is 1. The number of morpholine rings is 1. The summed E-state index contributed by atoms with van der Waals surface area (Å²) in [6.45, 7) is 9.43. The van der Waals surface area contributed by atoms with Gasteiger partial charge in [-0.05, 0) is 12.5 Å². The lowest BCUT2D eigenvalue weighted by Gasteiger charge is -2.30. The van der Waals surface area contributed by atoms with Crippen LogP contribution in [0.1, 0.15) is 19.4 Å². The van der Waals surface area contributed by atoms with E-state index < -0.39 is 0 Å². The van der Waals surface area contributed by atoms with Crippen LogP contribution in [0.3, 0.4) is 0 Å². The molecule has 6 nitrogen and oxygen atoms in total. The van der Waals surface area contributed by atoms with Gasteiger partial charge in [0.15, 0.2) is 0 Å². The van der Waals surface area contributed by atoms with Gasteiger partial charge in [0.05, 0.1) is 19.8 Å². The van der Waals surface area contributed by atoms with Gasteiger partial charge in [-0.2, -0.15) is 0 Å². The largest absolute Gasteiger partial charge is 0.379 e. The summed E-state index contributed by atoms with van der Waals surface area (Å²) >= 11 is 0. The minimum Gasteiger partial charge on any atom is -0.379 e. The van der Waals surface area contributed by atoms with E-state index in [0.717, 1.165) is 38.4 Å². The van der Waals surface area contributed by atoms with Crippen molar-refractivity contribution in [2.24, 2.45) is 0 Å². The average Bonchev–Trinajstić information content (AvgIpc) is 2.64. The van der Waals surface area contributed by atoms with Crippen molar-refractivity contribution in [3.8, 4) is 0 Å². The Bertz CT molecular complexity index is 544. The van der Waals surface area contributed by atoms with E-state index in [4.69, 9.17) is 4.74 Å². The Morgan fingerprint density at radius 1 is 1.12 bits per heavy atom. The number of likely N-dealkylation sites (N-methyl/N-ethyl adjacent to an activating group) is 1. The SMILES string of the molecule is CCN(Cc1ccccc1)C(=O)CN(CCN1CCOCC1)C(C)=O. The van der Waals surface area contributed by atoms with Gasteiger partial charge in [-0.25, -0.2) is 0 Å². The van der Waals surface area contributed by atoms with E-state index in [-0.39, 0.29) is 18.4 Å². The van der Waals surface area contributed by atoms with Crippen molar-refractivity contribution in [3.05, 3.63) is 35.9 Å². The molecule has 138 valence electrons. The third kappa shape index (κ3) is 6.48. The number of carbonyl (C=O) groups is 2. The number of carbonyl (C=O) groups excluding carboxylic acids is 2. The van der Waals surface area contributed by atoms with Crippen LogP contribution in [0.15, 0.2) is 30.3 Å². The Kier molecular flexibility index (Phi) is 7.88. The molecule has 0 aliphatic carbocycles. The normalized spacial score (nSPS) is 15.0. The fraction of sp³-hybridized carbons (Fsp3) is 0.579. The van der Waals surface area contributed by atoms with Crippen molar-refractivity contribution in [1.29, 1.82) is 0 Å². The standard InChI is InChI=1S/C19H29N3O3/c1-3-21(15-18-7-5-4-6-8-18)19(24)16-22(17(2)23)10-9-20-11-13-25-14-12-20/h4-8H,3,9-16H2,1-2H3. The second kappa shape index (κ2) is 10.2. The molecular formula is C19H29N3O3. The van der Waals surface area contributed by atoms with Crippen LogP contribution in [-0.4, -0.2) is 79.0 Å². The molecule has 25 heavy (non-hydrogen) atoms. The molecule has 0 radical (unpaired) electrons. The van der Waals surface area contributed by atoms with E-state index in [1.165, 1.54) is 6.92 Å². The van der Waals surface area contributed by atoms with Crippen LogP contribution in [0.4, 0.5) is 0 Å². The Hall–Kier alpha value is -1.92. The van der Waals surface area contributed by atoms with Crippen LogP contribution < -0.4 is 0 Å². The summed E-state index contributed by atoms with van der Waals surface area (Å²) in [5.41, 5.74) is 1.10. The number of hydrogen-bond donors (Lipinski definition) is 0. The van der Waals surface area contributed by atoms with Crippen molar-refractivity contribution in [2.75, 3.05) is 52.5 Å². The predicted octanol–water partition coefficient (Wildman–Crippen LogP) is 1.22. The highest BCUT2D eigenvalue weighted by Gasteiger charge is 2.20. The Balaban J connectivity index is 1.87. The van der Waals surface area contributed by atoms with Crippen LogP contribution in [0.2, 0.25) is 0 Å². The highest BCUT2D eigenvalue weighted by molar-refractivity contribution is 5.83. The summed E-state index contributed by atoms with van der Waals surface area (Å²) < 4.78 is 5.34. The Morgan fingerprint density at radius 2 is 1.80 bits per heavy atom. The first-order valence-corrected chi connectivity index (χ1v) is 8.97. The van der Waals surface area contributed by atoms with Crippen LogP contribution in [0, 0.1) is 0 Å². The van der Waals surface area contributed by atoms with E-state index in [9.17, 15) is 9.59 Å². The summed E-state index contributed by atoms with van der Waals surface area (Å²) in [6.07, 6.45) is 0. The number of hydrogen-bond acceptors (Lipinski definition) is 4. The van der Waals surface area contributed by atoms with Crippen molar-refractivity contribution in [2.45, 2.75) is 20.4 Å². The average molecular weight is 347 g/mol. The second-order valence-electron chi connectivity index (χ2n) is 6.29. The molecule has 0 bridgehead atoms. The van der Waals surface area contributed by atoms with Crippen LogP contribution in [0.5, 0.6) is 0 Å². The van der Waals surface area contributed by atoms with E-state index in [1.807, 2.05) is 37.3 Å². The van der Waals surface area contributed by atoms with Gasteiger partial charge in [0.2, 0.25) is 11.8 Å². The van der Waals surface area contributed by atoms with Gasteiger partial charge in [0.1, 0.15) is 0 Å². The van der Waals surface area contributed by atoms with Crippen LogP contribution in [0.25, 0.3) is 0 Å². The third-order valence-electron chi connectivity index (χ3n) is 4.51. The molecule has 0 atom stereocenters. The van der Waals surface area contributed by atoms with E-state index in [0.29, 0.717) is 19.6 Å². The molecule has 1 fully saturated rings. The molecule has 1 saturated heterocycles. The molecule has 0 N–H and O–H groups in total. The van der Waals surface area contributed by atoms with Crippen molar-refractivity contribution >= 4 is 11.8 Å². The summed E-state index contributed by atoms with van der Waals surface area (Å²) in [4.78, 5) is 30.3. The predicted molar refractivity (Wildman–Crippen MR) is 97.0 cm³/mol. The molecule has 0 unspecified atom stereocenters. The minimum absolute atomic E-state index is 0.0106. The fourth-order valence-corrected chi connectivity index (χ4v) is 2.88. The van der Waals surface area contributed by atoms with Crippen LogP contribution in [-0.2, 0) is 20.9 Å². The maximum Gasteiger partial charge on any atom is 0.242 e. The first-order valence-electron chi connectivity index (χ1n) is 8.97. The lowest BCUT2D eigenvalue weighted by molar-refractivity contribution is -0.140. The van der Waals surface area contributed by atoms with Gasteiger partial charge in [-0.1, -0.05) is 30.3 Å². The van der Waals surface area contributed by atoms with Gasteiger partial charge < -0.3 is 14.5 Å². The molecule has 6 heteroatoms. The monoisotopic (exact) mass is 347 g/mol. The van der Waals surface area contributed by atoms with Crippen molar-refractivity contribution in [3.63, 3.8) is 0 Å². The molecule has 1 heterocycles. The third-order valence-corrected chi connectivity index (χ3v) is 4.51. The van der Waals surface area contributed by atoms with Crippen molar-refractivity contribution < 1.29 is 14.3 Å². The quantitative estimate of drug-likeness (QED) is 0.709. The fourth-order valence-electron chi connectivity index (χ4n) is 2.88. The zero-order valence-corrected chi connectivity index (χ0v) is 15.3. The second-order valence-corrected chi connectivity index (χ2v) is 6.29. The smallest absolute Gasteiger partial charge is 0.242 e. The topological polar surface area (TPSA) is 53.1 Å². The van der Waals surface area contributed by atoms with E-state index in [2.05, 4.69) is 4.90 Å². The number of amides is 2. The number of benzene rings is 1. The van der Waals surface area contributed by atoms with Gasteiger partial charge in [0.25, 0.3) is 0 Å². The Labute approximate surface area is 150 Å². The van der Waals surface area contributed by atoms with Crippen LogP contribution >= 0.6 is 0 Å². The maximum atomic E-state index is 12.6. The molecule has 1 aliphatic rings. The zero-order valence-electron chi connectivity index (χ0n) is 15.3.